The first kappa shape index (κ1) is 21.5. The van der Waals surface area contributed by atoms with Gasteiger partial charge in [0.2, 0.25) is 11.8 Å². The van der Waals surface area contributed by atoms with Gasteiger partial charge < -0.3 is 24.8 Å². The van der Waals surface area contributed by atoms with Crippen LogP contribution in [0, 0.1) is 17.2 Å². The second kappa shape index (κ2) is 9.09. The van der Waals surface area contributed by atoms with Crippen molar-refractivity contribution in [3.05, 3.63) is 30.1 Å². The first-order chi connectivity index (χ1) is 13.8. The summed E-state index contributed by atoms with van der Waals surface area (Å²) >= 11 is 0. The van der Waals surface area contributed by atoms with Crippen molar-refractivity contribution < 1.29 is 18.7 Å². The first-order valence-corrected chi connectivity index (χ1v) is 10.1. The molecule has 2 heterocycles. The number of hydrogen-bond acceptors (Lipinski definition) is 5. The van der Waals surface area contributed by atoms with Gasteiger partial charge in [0, 0.05) is 56.4 Å². The van der Waals surface area contributed by atoms with Gasteiger partial charge in [-0.1, -0.05) is 0 Å². The van der Waals surface area contributed by atoms with Crippen LogP contribution in [0.2, 0.25) is 0 Å². The number of amides is 2. The smallest absolute Gasteiger partial charge is 0.248 e. The molecule has 2 atom stereocenters. The minimum Gasteiger partial charge on any atom is -0.376 e. The monoisotopic (exact) mass is 406 g/mol. The molecular formula is C21H31FN4O3. The summed E-state index contributed by atoms with van der Waals surface area (Å²) in [7, 11) is 4.05. The molecule has 0 radical (unpaired) electrons. The van der Waals surface area contributed by atoms with E-state index >= 15 is 0 Å². The van der Waals surface area contributed by atoms with Crippen molar-refractivity contribution in [3.8, 4) is 0 Å². The van der Waals surface area contributed by atoms with Crippen LogP contribution in [0.1, 0.15) is 6.92 Å². The number of carbonyl (C=O) groups excluding carboxylic acids is 2. The first-order valence-electron chi connectivity index (χ1n) is 10.1. The maximum atomic E-state index is 13.0. The van der Waals surface area contributed by atoms with Crippen molar-refractivity contribution in [2.45, 2.75) is 6.92 Å². The van der Waals surface area contributed by atoms with Crippen LogP contribution >= 0.6 is 0 Å². The third kappa shape index (κ3) is 5.05. The topological polar surface area (TPSA) is 65.1 Å². The number of rotatable bonds is 8. The van der Waals surface area contributed by atoms with Crippen LogP contribution in [-0.2, 0) is 14.3 Å². The van der Waals surface area contributed by atoms with Gasteiger partial charge in [0.25, 0.3) is 0 Å². The molecule has 0 spiro atoms. The van der Waals surface area contributed by atoms with Crippen LogP contribution in [-0.4, -0.2) is 93.1 Å². The molecule has 0 bridgehead atoms. The average Bonchev–Trinajstić information content (AvgIpc) is 3.18. The quantitative estimate of drug-likeness (QED) is 0.701. The highest BCUT2D eigenvalue weighted by atomic mass is 19.1. The van der Waals surface area contributed by atoms with Gasteiger partial charge in [-0.15, -0.1) is 0 Å². The predicted octanol–water partition coefficient (Wildman–Crippen LogP) is 1.12. The number of nitrogens with zero attached hydrogens (tertiary/aromatic N) is 3. The Morgan fingerprint density at radius 2 is 1.79 bits per heavy atom. The molecule has 0 saturated carbocycles. The van der Waals surface area contributed by atoms with Crippen LogP contribution in [0.25, 0.3) is 0 Å². The number of anilines is 1. The van der Waals surface area contributed by atoms with E-state index in [9.17, 15) is 14.0 Å². The molecule has 29 heavy (non-hydrogen) atoms. The number of carbonyl (C=O) groups is 2. The summed E-state index contributed by atoms with van der Waals surface area (Å²) in [6.07, 6.45) is 0. The third-order valence-corrected chi connectivity index (χ3v) is 5.81. The van der Waals surface area contributed by atoms with Crippen LogP contribution in [0.15, 0.2) is 24.3 Å². The van der Waals surface area contributed by atoms with E-state index in [1.807, 2.05) is 30.8 Å². The number of likely N-dealkylation sites (tertiary alicyclic amines) is 2. The lowest BCUT2D eigenvalue weighted by Gasteiger charge is -2.32. The van der Waals surface area contributed by atoms with E-state index in [0.717, 1.165) is 12.2 Å². The zero-order valence-electron chi connectivity index (χ0n) is 17.5. The van der Waals surface area contributed by atoms with E-state index in [4.69, 9.17) is 4.74 Å². The molecule has 1 aromatic carbocycles. The van der Waals surface area contributed by atoms with E-state index in [0.29, 0.717) is 32.8 Å². The summed E-state index contributed by atoms with van der Waals surface area (Å²) in [5, 5.41) is 3.07. The minimum absolute atomic E-state index is 0.0223. The van der Waals surface area contributed by atoms with Crippen molar-refractivity contribution in [3.63, 3.8) is 0 Å². The highest BCUT2D eigenvalue weighted by Crippen LogP contribution is 2.43. The van der Waals surface area contributed by atoms with Crippen molar-refractivity contribution >= 4 is 17.5 Å². The molecule has 2 amide bonds. The van der Waals surface area contributed by atoms with Gasteiger partial charge in [0.15, 0.2) is 0 Å². The Kier molecular flexibility index (Phi) is 6.74. The number of hydrogen-bond donors (Lipinski definition) is 1. The molecule has 2 aliphatic heterocycles. The van der Waals surface area contributed by atoms with Crippen LogP contribution < -0.4 is 5.32 Å². The highest BCUT2D eigenvalue weighted by Gasteiger charge is 2.54. The Hall–Kier alpha value is -2.19. The lowest BCUT2D eigenvalue weighted by molar-refractivity contribution is -0.135. The van der Waals surface area contributed by atoms with E-state index in [1.54, 1.807) is 12.1 Å². The van der Waals surface area contributed by atoms with Gasteiger partial charge in [0.1, 0.15) is 12.4 Å². The number of benzene rings is 1. The van der Waals surface area contributed by atoms with Gasteiger partial charge in [-0.05, 0) is 45.3 Å². The normalized spacial score (nSPS) is 23.6. The second-order valence-corrected chi connectivity index (χ2v) is 8.34. The molecule has 1 N–H and O–H groups in total. The highest BCUT2D eigenvalue weighted by molar-refractivity contribution is 5.81. The van der Waals surface area contributed by atoms with E-state index in [2.05, 4.69) is 10.2 Å². The average molecular weight is 407 g/mol. The summed E-state index contributed by atoms with van der Waals surface area (Å²) in [5.41, 5.74) is 0.603. The Balaban J connectivity index is 1.61. The number of nitrogens with one attached hydrogen (secondary N) is 1. The Morgan fingerprint density at radius 3 is 2.38 bits per heavy atom. The van der Waals surface area contributed by atoms with E-state index < -0.39 is 0 Å². The Bertz CT molecular complexity index is 727. The number of halogens is 1. The summed E-state index contributed by atoms with van der Waals surface area (Å²) in [4.78, 5) is 31.1. The molecule has 1 aromatic rings. The molecule has 3 rings (SSSR count). The summed E-state index contributed by atoms with van der Waals surface area (Å²) in [6, 6.07) is 5.98. The molecular weight excluding hydrogens is 375 g/mol. The molecule has 2 fully saturated rings. The fourth-order valence-electron chi connectivity index (χ4n) is 4.55. The van der Waals surface area contributed by atoms with Crippen LogP contribution in [0.4, 0.5) is 10.1 Å². The van der Waals surface area contributed by atoms with Gasteiger partial charge in [0.05, 0.1) is 6.54 Å². The minimum atomic E-state index is -0.302. The summed E-state index contributed by atoms with van der Waals surface area (Å²) in [5.74, 6) is -0.00200. The van der Waals surface area contributed by atoms with Crippen molar-refractivity contribution in [1.82, 2.24) is 14.7 Å². The lowest BCUT2D eigenvalue weighted by atomic mass is 9.80. The van der Waals surface area contributed by atoms with Crippen LogP contribution in [0.5, 0.6) is 0 Å². The standard InChI is InChI=1S/C21H31FN4O3/c1-4-29-12-20(28)26-11-16-10-25(14-21(16,15-26)13-24(2)3)19(27)9-23-18-7-5-17(22)6-8-18/h5-8,16,23H,4,9-15H2,1-3H3/t16-,21+/m0/s1. The fourth-order valence-corrected chi connectivity index (χ4v) is 4.55. The van der Waals surface area contributed by atoms with E-state index in [1.165, 1.54) is 12.1 Å². The lowest BCUT2D eigenvalue weighted by Crippen LogP contribution is -2.45. The number of fused-ring (bicyclic) bond motifs is 1. The summed E-state index contributed by atoms with van der Waals surface area (Å²) < 4.78 is 18.3. The molecule has 2 saturated heterocycles. The predicted molar refractivity (Wildman–Crippen MR) is 109 cm³/mol. The third-order valence-electron chi connectivity index (χ3n) is 5.81. The van der Waals surface area contributed by atoms with Crippen molar-refractivity contribution in [2.24, 2.45) is 11.3 Å². The number of ether oxygens (including phenoxy) is 1. The fraction of sp³-hybridized carbons (Fsp3) is 0.619. The van der Waals surface area contributed by atoms with Gasteiger partial charge >= 0.3 is 0 Å². The Labute approximate surface area is 171 Å². The largest absolute Gasteiger partial charge is 0.376 e. The maximum Gasteiger partial charge on any atom is 0.248 e. The molecule has 7 nitrogen and oxygen atoms in total. The van der Waals surface area contributed by atoms with Crippen molar-refractivity contribution in [1.29, 1.82) is 0 Å². The molecule has 8 heteroatoms. The SMILES string of the molecule is CCOCC(=O)N1C[C@@H]2CN(C(=O)CNc3ccc(F)cc3)C[C@]2(CN(C)C)C1. The molecule has 0 aliphatic carbocycles. The van der Waals surface area contributed by atoms with Gasteiger partial charge in [-0.25, -0.2) is 4.39 Å². The molecule has 160 valence electrons. The van der Waals surface area contributed by atoms with Crippen LogP contribution in [0.3, 0.4) is 0 Å². The van der Waals surface area contributed by atoms with E-state index in [-0.39, 0.29) is 42.1 Å². The zero-order chi connectivity index (χ0) is 21.0. The zero-order valence-corrected chi connectivity index (χ0v) is 17.5. The molecule has 0 unspecified atom stereocenters. The maximum absolute atomic E-state index is 13.0. The van der Waals surface area contributed by atoms with Gasteiger partial charge in [-0.3, -0.25) is 9.59 Å². The Morgan fingerprint density at radius 1 is 1.17 bits per heavy atom. The summed E-state index contributed by atoms with van der Waals surface area (Å²) in [6.45, 7) is 6.11. The van der Waals surface area contributed by atoms with Gasteiger partial charge in [-0.2, -0.15) is 0 Å². The molecule has 2 aliphatic rings. The second-order valence-electron chi connectivity index (χ2n) is 8.34. The van der Waals surface area contributed by atoms with Crippen molar-refractivity contribution in [2.75, 3.05) is 71.9 Å². The molecule has 0 aromatic heterocycles.